The Morgan fingerprint density at radius 2 is 0.889 bits per heavy atom. The minimum atomic E-state index is -2.38. The van der Waals surface area contributed by atoms with Gasteiger partial charge in [-0.1, -0.05) is 0 Å². The van der Waals surface area contributed by atoms with Crippen LogP contribution in [0.5, 0.6) is 0 Å². The van der Waals surface area contributed by atoms with Crippen LogP contribution < -0.4 is 0 Å². The van der Waals surface area contributed by atoms with E-state index < -0.39 is 46.3 Å². The van der Waals surface area contributed by atoms with Crippen LogP contribution in [0.3, 0.4) is 0 Å². The summed E-state index contributed by atoms with van der Waals surface area (Å²) in [5.41, 5.74) is -3.52. The molecule has 0 heterocycles. The number of carbonyl (C=O) groups is 2. The predicted octanol–water partition coefficient (Wildman–Crippen LogP) is 1.63. The molecule has 0 amide bonds. The first-order valence-electron chi connectivity index (χ1n) is 3.61. The van der Waals surface area contributed by atoms with E-state index >= 15 is 0 Å². The van der Waals surface area contributed by atoms with Crippen LogP contribution in [0.4, 0.5) is 17.6 Å². The van der Waals surface area contributed by atoms with Crippen molar-refractivity contribution in [1.29, 1.82) is 0 Å². The fourth-order valence-electron chi connectivity index (χ4n) is 1.03. The van der Waals surface area contributed by atoms with E-state index in [1.54, 1.807) is 0 Å². The maximum absolute atomic E-state index is 12.9. The van der Waals surface area contributed by atoms with Crippen LogP contribution in [-0.2, 0) is 44.8 Å². The Morgan fingerprint density at radius 3 is 1.06 bits per heavy atom. The van der Waals surface area contributed by atoms with Gasteiger partial charge in [-0.05, 0) is 0 Å². The van der Waals surface area contributed by atoms with Gasteiger partial charge >= 0.3 is 11.9 Å². The van der Waals surface area contributed by atoms with Gasteiger partial charge in [-0.3, -0.25) is 0 Å². The molecular weight excluding hydrogens is 452 g/mol. The van der Waals surface area contributed by atoms with E-state index in [0.717, 1.165) is 0 Å². The molecule has 0 atom stereocenters. The molecule has 10 heteroatoms. The van der Waals surface area contributed by atoms with Gasteiger partial charge in [0.1, 0.15) is 11.1 Å². The zero-order chi connectivity index (χ0) is 12.6. The van der Waals surface area contributed by atoms with Gasteiger partial charge in [0.15, 0.2) is 23.3 Å². The van der Waals surface area contributed by atoms with Crippen LogP contribution >= 0.6 is 0 Å². The zero-order valence-electron chi connectivity index (χ0n) is 7.83. The quantitative estimate of drug-likeness (QED) is 0.309. The van der Waals surface area contributed by atoms with E-state index in [1.165, 1.54) is 0 Å². The van der Waals surface area contributed by atoms with E-state index in [4.69, 9.17) is 10.2 Å². The van der Waals surface area contributed by atoms with Gasteiger partial charge in [0.2, 0.25) is 0 Å². The smallest absolute Gasteiger partial charge is 0.339 e. The van der Waals surface area contributed by atoms with E-state index in [0.29, 0.717) is 0 Å². The van der Waals surface area contributed by atoms with Gasteiger partial charge in [-0.15, -0.1) is 0 Å². The first kappa shape index (κ1) is 19.7. The number of carboxylic acids is 2. The second kappa shape index (κ2) is 7.07. The third-order valence-corrected chi connectivity index (χ3v) is 1.69. The third kappa shape index (κ3) is 3.22. The third-order valence-electron chi connectivity index (χ3n) is 1.69. The molecule has 108 valence electrons. The van der Waals surface area contributed by atoms with E-state index in [1.807, 2.05) is 0 Å². The molecule has 1 aromatic carbocycles. The molecule has 0 aliphatic rings. The van der Waals surface area contributed by atoms with Crippen molar-refractivity contribution in [3.63, 3.8) is 0 Å². The van der Waals surface area contributed by atoms with Gasteiger partial charge in [-0.2, -0.15) is 0 Å². The molecule has 0 unspecified atom stereocenters. The Balaban J connectivity index is 0. The fraction of sp³-hybridized carbons (Fsp3) is 0. The second-order valence-corrected chi connectivity index (χ2v) is 2.62. The van der Waals surface area contributed by atoms with Gasteiger partial charge in [0.05, 0.1) is 0 Å². The van der Waals surface area contributed by atoms with Gasteiger partial charge in [0, 0.05) is 44.8 Å². The normalized spacial score (nSPS) is 9.11. The van der Waals surface area contributed by atoms with Crippen LogP contribution in [0, 0.1) is 23.3 Å². The van der Waals surface area contributed by atoms with Crippen molar-refractivity contribution in [3.8, 4) is 0 Å². The average molecular weight is 454 g/mol. The van der Waals surface area contributed by atoms with Crippen molar-refractivity contribution in [1.82, 2.24) is 0 Å². The molecule has 0 saturated heterocycles. The number of carboxylic acid groups (broad SMARTS) is 2. The second-order valence-electron chi connectivity index (χ2n) is 2.62. The minimum absolute atomic E-state index is 0. The van der Waals surface area contributed by atoms with Crippen molar-refractivity contribution in [2.45, 2.75) is 0 Å². The number of halogens is 4. The summed E-state index contributed by atoms with van der Waals surface area (Å²) in [5.74, 6) is -13.7. The molecule has 0 aliphatic carbocycles. The van der Waals surface area contributed by atoms with Crippen molar-refractivity contribution >= 4 is 11.9 Å². The summed E-state index contributed by atoms with van der Waals surface area (Å²) in [6.45, 7) is 0. The molecule has 0 saturated carbocycles. The zero-order valence-corrected chi connectivity index (χ0v) is 10.8. The molecule has 0 fully saturated rings. The summed E-state index contributed by atoms with van der Waals surface area (Å²) >= 11 is 0. The number of hydrogen-bond acceptors (Lipinski definition) is 2. The number of hydrogen-bond donors (Lipinski definition) is 2. The largest absolute Gasteiger partial charge is 0.478 e. The summed E-state index contributed by atoms with van der Waals surface area (Å²) in [7, 11) is 0. The Hall–Kier alpha value is -0.639. The maximum Gasteiger partial charge on any atom is 0.339 e. The van der Waals surface area contributed by atoms with Gasteiger partial charge in [0.25, 0.3) is 0 Å². The van der Waals surface area contributed by atoms with Gasteiger partial charge < -0.3 is 10.2 Å². The molecule has 18 heavy (non-hydrogen) atoms. The number of rotatable bonds is 2. The molecule has 1 rings (SSSR count). The molecule has 4 nitrogen and oxygen atoms in total. The van der Waals surface area contributed by atoms with Crippen LogP contribution in [0.25, 0.3) is 0 Å². The molecule has 2 radical (unpaired) electrons. The van der Waals surface area contributed by atoms with E-state index in [2.05, 4.69) is 0 Å². The van der Waals surface area contributed by atoms with Crippen molar-refractivity contribution < 1.29 is 82.1 Å². The molecule has 0 aromatic heterocycles. The predicted molar refractivity (Wildman–Crippen MR) is 40.2 cm³/mol. The maximum atomic E-state index is 12.9. The Labute approximate surface area is 128 Å². The van der Waals surface area contributed by atoms with Crippen molar-refractivity contribution in [2.75, 3.05) is 0 Å². The Morgan fingerprint density at radius 1 is 0.667 bits per heavy atom. The van der Waals surface area contributed by atoms with Crippen molar-refractivity contribution in [3.05, 3.63) is 34.4 Å². The molecule has 2 N–H and O–H groups in total. The summed E-state index contributed by atoms with van der Waals surface area (Å²) in [6.07, 6.45) is 0. The fourth-order valence-corrected chi connectivity index (χ4v) is 1.03. The van der Waals surface area contributed by atoms with Crippen LogP contribution in [-0.4, -0.2) is 22.2 Å². The number of benzene rings is 1. The first-order valence-corrected chi connectivity index (χ1v) is 3.61. The van der Waals surface area contributed by atoms with Crippen LogP contribution in [0.1, 0.15) is 20.7 Å². The number of aromatic carboxylic acids is 2. The Kier molecular flexibility index (Phi) is 7.74. The van der Waals surface area contributed by atoms with Crippen molar-refractivity contribution in [2.24, 2.45) is 0 Å². The molecule has 0 aliphatic heterocycles. The summed E-state index contributed by atoms with van der Waals surface area (Å²) in [5, 5.41) is 16.8. The monoisotopic (exact) mass is 452 g/mol. The molecular formula is C8H2Ag2F4O4. The molecule has 1 aromatic rings. The van der Waals surface area contributed by atoms with Gasteiger partial charge in [-0.25, -0.2) is 27.2 Å². The Bertz CT molecular complexity index is 462. The summed E-state index contributed by atoms with van der Waals surface area (Å²) in [4.78, 5) is 20.8. The first-order chi connectivity index (χ1) is 7.29. The molecule has 0 spiro atoms. The van der Waals surface area contributed by atoms with E-state index in [9.17, 15) is 27.2 Å². The van der Waals surface area contributed by atoms with Crippen LogP contribution in [0.15, 0.2) is 0 Å². The minimum Gasteiger partial charge on any atom is -0.478 e. The summed E-state index contributed by atoms with van der Waals surface area (Å²) < 4.78 is 51.0. The SMILES string of the molecule is O=C(O)c1c(F)c(F)c(F)c(F)c1C(=O)O.[Ag].[Ag]. The molecule has 0 bridgehead atoms. The topological polar surface area (TPSA) is 74.6 Å². The average Bonchev–Trinajstić information content (AvgIpc) is 2.18. The van der Waals surface area contributed by atoms with E-state index in [-0.39, 0.29) is 44.8 Å². The standard InChI is InChI=1S/C8H2F4O4.2Ag/c9-3-1(7(13)14)2(8(15)16)4(10)6(12)5(3)11;;/h(H,13,14)(H,15,16);;. The summed E-state index contributed by atoms with van der Waals surface area (Å²) in [6, 6.07) is 0. The van der Waals surface area contributed by atoms with Crippen LogP contribution in [0.2, 0.25) is 0 Å².